The van der Waals surface area contributed by atoms with Crippen LogP contribution in [0.1, 0.15) is 28.8 Å². The van der Waals surface area contributed by atoms with E-state index in [1.54, 1.807) is 18.2 Å². The summed E-state index contributed by atoms with van der Waals surface area (Å²) in [4.78, 5) is 15.3. The third-order valence-electron chi connectivity index (χ3n) is 5.05. The molecule has 1 aliphatic rings. The minimum Gasteiger partial charge on any atom is -0.359 e. The van der Waals surface area contributed by atoms with Crippen molar-refractivity contribution in [1.82, 2.24) is 15.4 Å². The molecule has 1 amide bonds. The van der Waals surface area contributed by atoms with Gasteiger partial charge >= 0.3 is 0 Å². The van der Waals surface area contributed by atoms with Gasteiger partial charge in [-0.1, -0.05) is 30.3 Å². The van der Waals surface area contributed by atoms with E-state index in [1.807, 2.05) is 6.07 Å². The van der Waals surface area contributed by atoms with Crippen LogP contribution in [0.5, 0.6) is 0 Å². The Morgan fingerprint density at radius 2 is 2.15 bits per heavy atom. The molecule has 1 saturated heterocycles. The van der Waals surface area contributed by atoms with Crippen LogP contribution in [0, 0.1) is 5.21 Å². The fraction of sp³-hybridized carbons (Fsp3) is 0.350. The molecule has 140 valence electrons. The average Bonchev–Trinajstić information content (AvgIpc) is 3.08. The quantitative estimate of drug-likeness (QED) is 0.697. The number of piperidine rings is 1. The predicted octanol–water partition coefficient (Wildman–Crippen LogP) is 1.90. The zero-order valence-corrected chi connectivity index (χ0v) is 15.0. The van der Waals surface area contributed by atoms with E-state index in [1.165, 1.54) is 5.56 Å². The third kappa shape index (κ3) is 4.09. The molecule has 7 heteroatoms. The van der Waals surface area contributed by atoms with Crippen molar-refractivity contribution in [2.75, 3.05) is 19.6 Å². The molecule has 1 unspecified atom stereocenters. The first-order valence-corrected chi connectivity index (χ1v) is 9.26. The maximum absolute atomic E-state index is 12.6. The van der Waals surface area contributed by atoms with Gasteiger partial charge in [-0.2, -0.15) is 0 Å². The molecule has 0 bridgehead atoms. The Morgan fingerprint density at radius 3 is 3.00 bits per heavy atom. The van der Waals surface area contributed by atoms with E-state index in [9.17, 15) is 10.0 Å². The average molecular weight is 366 g/mol. The number of aromatic nitrogens is 2. The van der Waals surface area contributed by atoms with Gasteiger partial charge in [-0.05, 0) is 48.4 Å². The van der Waals surface area contributed by atoms with Gasteiger partial charge in [0.2, 0.25) is 11.0 Å². The number of rotatable bonds is 5. The van der Waals surface area contributed by atoms with E-state index in [0.29, 0.717) is 21.5 Å². The second-order valence-electron chi connectivity index (χ2n) is 6.98. The van der Waals surface area contributed by atoms with Gasteiger partial charge in [-0.25, -0.2) is 0 Å². The molecule has 4 rings (SSSR count). The molecule has 0 spiro atoms. The highest BCUT2D eigenvalue weighted by Gasteiger charge is 2.22. The topological polar surface area (TPSA) is 85.3 Å². The number of nitrogens with zero attached hydrogens (tertiary/aromatic N) is 3. The first-order chi connectivity index (χ1) is 13.2. The van der Waals surface area contributed by atoms with Crippen LogP contribution in [0.3, 0.4) is 0 Å². The van der Waals surface area contributed by atoms with Crippen molar-refractivity contribution >= 4 is 16.9 Å². The molecule has 1 fully saturated rings. The smallest absolute Gasteiger partial charge is 0.251 e. The van der Waals surface area contributed by atoms with Crippen molar-refractivity contribution in [3.05, 3.63) is 64.9 Å². The molecular weight excluding hydrogens is 344 g/mol. The highest BCUT2D eigenvalue weighted by molar-refractivity contribution is 5.97. The van der Waals surface area contributed by atoms with E-state index in [-0.39, 0.29) is 11.9 Å². The van der Waals surface area contributed by atoms with E-state index < -0.39 is 0 Å². The molecule has 7 nitrogen and oxygen atoms in total. The molecule has 1 aromatic heterocycles. The van der Waals surface area contributed by atoms with Gasteiger partial charge in [0.25, 0.3) is 5.91 Å². The predicted molar refractivity (Wildman–Crippen MR) is 100 cm³/mol. The number of carbonyl (C=O) groups is 1. The normalized spacial score (nSPS) is 17.9. The molecule has 1 N–H and O–H groups in total. The number of hydrogen-bond donors (Lipinski definition) is 1. The van der Waals surface area contributed by atoms with Gasteiger partial charge in [-0.3, -0.25) is 9.42 Å². The molecular formula is C20H22N4O3. The van der Waals surface area contributed by atoms with Crippen molar-refractivity contribution < 1.29 is 14.3 Å². The Morgan fingerprint density at radius 1 is 1.30 bits per heavy atom. The minimum atomic E-state index is -0.146. The highest BCUT2D eigenvalue weighted by Crippen LogP contribution is 2.14. The van der Waals surface area contributed by atoms with Crippen molar-refractivity contribution in [3.8, 4) is 0 Å². The molecule has 0 aliphatic carbocycles. The van der Waals surface area contributed by atoms with Gasteiger partial charge in [0.15, 0.2) is 0 Å². The number of amides is 1. The first-order valence-electron chi connectivity index (χ1n) is 9.26. The van der Waals surface area contributed by atoms with Crippen molar-refractivity contribution in [3.63, 3.8) is 0 Å². The number of nitrogens with one attached hydrogen (secondary N) is 1. The second-order valence-corrected chi connectivity index (χ2v) is 6.98. The van der Waals surface area contributed by atoms with Crippen LogP contribution in [0.2, 0.25) is 0 Å². The van der Waals surface area contributed by atoms with Crippen LogP contribution in [-0.2, 0) is 6.42 Å². The fourth-order valence-electron chi connectivity index (χ4n) is 3.59. The number of likely N-dealkylation sites (tertiary alicyclic amines) is 1. The van der Waals surface area contributed by atoms with Crippen LogP contribution in [0.15, 0.2) is 53.2 Å². The molecule has 2 heterocycles. The van der Waals surface area contributed by atoms with Crippen LogP contribution >= 0.6 is 0 Å². The summed E-state index contributed by atoms with van der Waals surface area (Å²) in [6.45, 7) is 2.91. The molecule has 3 aromatic rings. The van der Waals surface area contributed by atoms with Crippen LogP contribution in [0.4, 0.5) is 0 Å². The summed E-state index contributed by atoms with van der Waals surface area (Å²) in [6.07, 6.45) is 3.05. The minimum absolute atomic E-state index is 0.125. The van der Waals surface area contributed by atoms with Crippen LogP contribution in [0.25, 0.3) is 11.0 Å². The molecule has 0 radical (unpaired) electrons. The molecule has 1 aliphatic heterocycles. The maximum Gasteiger partial charge on any atom is 0.251 e. The summed E-state index contributed by atoms with van der Waals surface area (Å²) in [5.41, 5.74) is 2.51. The monoisotopic (exact) mass is 366 g/mol. The summed E-state index contributed by atoms with van der Waals surface area (Å²) in [7, 11) is 0. The van der Waals surface area contributed by atoms with Crippen molar-refractivity contribution in [2.24, 2.45) is 0 Å². The molecule has 27 heavy (non-hydrogen) atoms. The van der Waals surface area contributed by atoms with E-state index in [2.05, 4.69) is 44.3 Å². The Labute approximate surface area is 157 Å². The Kier molecular flexibility index (Phi) is 5.02. The number of benzene rings is 2. The molecule has 1 atom stereocenters. The first kappa shape index (κ1) is 17.5. The van der Waals surface area contributed by atoms with E-state index >= 15 is 0 Å². The molecule has 0 saturated carbocycles. The van der Waals surface area contributed by atoms with Gasteiger partial charge in [-0.15, -0.1) is 0 Å². The summed E-state index contributed by atoms with van der Waals surface area (Å²) in [6, 6.07) is 15.3. The van der Waals surface area contributed by atoms with Gasteiger partial charge < -0.3 is 15.4 Å². The zero-order valence-electron chi connectivity index (χ0n) is 15.0. The fourth-order valence-corrected chi connectivity index (χ4v) is 3.59. The van der Waals surface area contributed by atoms with Crippen LogP contribution < -0.4 is 10.2 Å². The lowest BCUT2D eigenvalue weighted by Gasteiger charge is -2.33. The summed E-state index contributed by atoms with van der Waals surface area (Å²) in [5.74, 6) is -0.146. The van der Waals surface area contributed by atoms with E-state index in [0.717, 1.165) is 38.9 Å². The van der Waals surface area contributed by atoms with Gasteiger partial charge in [0.1, 0.15) is 0 Å². The number of hydrogen-bond acceptors (Lipinski definition) is 5. The van der Waals surface area contributed by atoms with Crippen molar-refractivity contribution in [1.29, 1.82) is 0 Å². The summed E-state index contributed by atoms with van der Waals surface area (Å²) < 4.78 is 4.55. The Balaban J connectivity index is 1.34. The zero-order chi connectivity index (χ0) is 18.6. The van der Waals surface area contributed by atoms with Gasteiger partial charge in [0.05, 0.1) is 0 Å². The highest BCUT2D eigenvalue weighted by atomic mass is 16.8. The summed E-state index contributed by atoms with van der Waals surface area (Å²) >= 11 is 0. The Bertz CT molecular complexity index is 925. The lowest BCUT2D eigenvalue weighted by molar-refractivity contribution is -0.782. The lowest BCUT2D eigenvalue weighted by atomic mass is 10.0. The SMILES string of the molecule is O=C(NC1CCCN(CCc2ccccc2)C1)c1ccc2c(c1)no[n+]2[O-]. The third-order valence-corrected chi connectivity index (χ3v) is 5.05. The largest absolute Gasteiger partial charge is 0.359 e. The Hall–Kier alpha value is -2.93. The summed E-state index contributed by atoms with van der Waals surface area (Å²) in [5, 5.41) is 18.1. The standard InChI is InChI=1S/C20H22N4O3/c25-20(16-8-9-19-18(13-16)22-27-24(19)26)21-17-7-4-11-23(14-17)12-10-15-5-2-1-3-6-15/h1-3,5-6,8-9,13,17H,4,7,10-12,14H2,(H,21,25). The van der Waals surface area contributed by atoms with Crippen LogP contribution in [-0.4, -0.2) is 41.6 Å². The number of carbonyl (C=O) groups excluding carboxylic acids is 1. The maximum atomic E-state index is 12.6. The van der Waals surface area contributed by atoms with E-state index in [4.69, 9.17) is 0 Å². The van der Waals surface area contributed by atoms with Gasteiger partial charge in [0, 0.05) is 35.9 Å². The second kappa shape index (κ2) is 7.75. The lowest BCUT2D eigenvalue weighted by Crippen LogP contribution is -2.48. The number of fused-ring (bicyclic) bond motifs is 1. The van der Waals surface area contributed by atoms with Crippen molar-refractivity contribution in [2.45, 2.75) is 25.3 Å². The molecule has 2 aromatic carbocycles.